The Balaban J connectivity index is 2.38. The number of carbonyl (C=O) groups excluding carboxylic acids is 1. The molecule has 2 rings (SSSR count). The average Bonchev–Trinajstić information content (AvgIpc) is 2.43. The summed E-state index contributed by atoms with van der Waals surface area (Å²) in [5, 5.41) is 0. The summed E-state index contributed by atoms with van der Waals surface area (Å²) in [4.78, 5) is 12.3. The molecule has 2 aromatic rings. The van der Waals surface area contributed by atoms with Crippen LogP contribution in [0, 0.1) is 19.7 Å². The van der Waals surface area contributed by atoms with Crippen LogP contribution in [0.15, 0.2) is 36.4 Å². The molecule has 19 heavy (non-hydrogen) atoms. The standard InChI is InChI=1S/C16H15FO2/c1-10-8-13(9-11(2)15(10)17)16(18)12-4-6-14(19-3)7-5-12/h4-9H,1-3H3. The van der Waals surface area contributed by atoms with Crippen molar-refractivity contribution < 1.29 is 13.9 Å². The zero-order valence-corrected chi connectivity index (χ0v) is 11.2. The minimum atomic E-state index is -0.258. The highest BCUT2D eigenvalue weighted by molar-refractivity contribution is 6.09. The lowest BCUT2D eigenvalue weighted by Crippen LogP contribution is -2.03. The van der Waals surface area contributed by atoms with Crippen molar-refractivity contribution in [3.05, 3.63) is 64.5 Å². The number of ketones is 1. The van der Waals surface area contributed by atoms with Crippen molar-refractivity contribution >= 4 is 5.78 Å². The molecular formula is C16H15FO2. The minimum Gasteiger partial charge on any atom is -0.497 e. The van der Waals surface area contributed by atoms with Crippen LogP contribution in [0.3, 0.4) is 0 Å². The van der Waals surface area contributed by atoms with Crippen LogP contribution in [0.2, 0.25) is 0 Å². The SMILES string of the molecule is COc1ccc(C(=O)c2cc(C)c(F)c(C)c2)cc1. The number of aryl methyl sites for hydroxylation is 2. The van der Waals surface area contributed by atoms with Crippen molar-refractivity contribution in [3.8, 4) is 5.75 Å². The van der Waals surface area contributed by atoms with Gasteiger partial charge < -0.3 is 4.74 Å². The summed E-state index contributed by atoms with van der Waals surface area (Å²) in [6, 6.07) is 10.0. The maximum atomic E-state index is 13.5. The summed E-state index contributed by atoms with van der Waals surface area (Å²) in [6.07, 6.45) is 0. The quantitative estimate of drug-likeness (QED) is 0.785. The fourth-order valence-corrected chi connectivity index (χ4v) is 1.99. The molecule has 0 amide bonds. The van der Waals surface area contributed by atoms with Crippen LogP contribution in [0.1, 0.15) is 27.0 Å². The molecule has 0 unspecified atom stereocenters. The van der Waals surface area contributed by atoms with E-state index in [2.05, 4.69) is 0 Å². The first kappa shape index (κ1) is 13.3. The Bertz CT molecular complexity index is 592. The zero-order valence-electron chi connectivity index (χ0n) is 11.2. The normalized spacial score (nSPS) is 10.3. The van der Waals surface area contributed by atoms with Crippen LogP contribution in [-0.4, -0.2) is 12.9 Å². The number of hydrogen-bond acceptors (Lipinski definition) is 2. The molecule has 0 aliphatic carbocycles. The second-order valence-electron chi connectivity index (χ2n) is 4.48. The van der Waals surface area contributed by atoms with Crippen LogP contribution in [0.5, 0.6) is 5.75 Å². The van der Waals surface area contributed by atoms with Crippen LogP contribution in [0.4, 0.5) is 4.39 Å². The molecule has 0 aliphatic heterocycles. The van der Waals surface area contributed by atoms with E-state index in [-0.39, 0.29) is 11.6 Å². The van der Waals surface area contributed by atoms with Gasteiger partial charge in [-0.25, -0.2) is 4.39 Å². The molecule has 0 heterocycles. The van der Waals surface area contributed by atoms with Gasteiger partial charge in [0, 0.05) is 11.1 Å². The van der Waals surface area contributed by atoms with E-state index >= 15 is 0 Å². The predicted molar refractivity (Wildman–Crippen MR) is 72.3 cm³/mol. The summed E-state index contributed by atoms with van der Waals surface area (Å²) < 4.78 is 18.6. The summed E-state index contributed by atoms with van der Waals surface area (Å²) in [5.74, 6) is 0.322. The molecule has 0 saturated carbocycles. The van der Waals surface area contributed by atoms with Crippen LogP contribution >= 0.6 is 0 Å². The van der Waals surface area contributed by atoms with E-state index in [4.69, 9.17) is 4.74 Å². The number of benzene rings is 2. The topological polar surface area (TPSA) is 26.3 Å². The van der Waals surface area contributed by atoms with Crippen molar-refractivity contribution in [2.75, 3.05) is 7.11 Å². The third kappa shape index (κ3) is 2.65. The molecule has 2 aromatic carbocycles. The Kier molecular flexibility index (Phi) is 3.65. The van der Waals surface area contributed by atoms with Gasteiger partial charge in [0.2, 0.25) is 0 Å². The smallest absolute Gasteiger partial charge is 0.193 e. The van der Waals surface area contributed by atoms with Gasteiger partial charge in [-0.1, -0.05) is 0 Å². The van der Waals surface area contributed by atoms with Gasteiger partial charge >= 0.3 is 0 Å². The maximum Gasteiger partial charge on any atom is 0.193 e. The number of halogens is 1. The highest BCUT2D eigenvalue weighted by atomic mass is 19.1. The molecule has 0 aliphatic rings. The van der Waals surface area contributed by atoms with E-state index in [1.54, 1.807) is 57.4 Å². The second-order valence-corrected chi connectivity index (χ2v) is 4.48. The van der Waals surface area contributed by atoms with Gasteiger partial charge in [-0.3, -0.25) is 4.79 Å². The van der Waals surface area contributed by atoms with Crippen molar-refractivity contribution in [1.29, 1.82) is 0 Å². The first-order chi connectivity index (χ1) is 9.02. The van der Waals surface area contributed by atoms with E-state index < -0.39 is 0 Å². The molecule has 0 atom stereocenters. The summed E-state index contributed by atoms with van der Waals surface area (Å²) in [7, 11) is 1.57. The number of hydrogen-bond donors (Lipinski definition) is 0. The molecule has 0 radical (unpaired) electrons. The van der Waals surface area contributed by atoms with E-state index in [0.717, 1.165) is 0 Å². The molecular weight excluding hydrogens is 243 g/mol. The van der Waals surface area contributed by atoms with Crippen molar-refractivity contribution in [3.63, 3.8) is 0 Å². The Hall–Kier alpha value is -2.16. The zero-order chi connectivity index (χ0) is 14.0. The van der Waals surface area contributed by atoms with Crippen molar-refractivity contribution in [2.45, 2.75) is 13.8 Å². The van der Waals surface area contributed by atoms with Gasteiger partial charge in [0.1, 0.15) is 11.6 Å². The molecule has 0 fully saturated rings. The largest absolute Gasteiger partial charge is 0.497 e. The molecule has 0 spiro atoms. The maximum absolute atomic E-state index is 13.5. The first-order valence-electron chi connectivity index (χ1n) is 5.98. The fraction of sp³-hybridized carbons (Fsp3) is 0.188. The van der Waals surface area contributed by atoms with E-state index in [1.165, 1.54) is 0 Å². The van der Waals surface area contributed by atoms with Gasteiger partial charge in [-0.15, -0.1) is 0 Å². The number of rotatable bonds is 3. The second kappa shape index (κ2) is 5.22. The molecule has 2 nitrogen and oxygen atoms in total. The highest BCUT2D eigenvalue weighted by Crippen LogP contribution is 2.19. The molecule has 3 heteroatoms. The van der Waals surface area contributed by atoms with Crippen LogP contribution in [-0.2, 0) is 0 Å². The van der Waals surface area contributed by atoms with Crippen LogP contribution < -0.4 is 4.74 Å². The summed E-state index contributed by atoms with van der Waals surface area (Å²) in [6.45, 7) is 3.32. The number of ether oxygens (including phenoxy) is 1. The van der Waals surface area contributed by atoms with Gasteiger partial charge in [0.15, 0.2) is 5.78 Å². The Labute approximate surface area is 111 Å². The Morgan fingerprint density at radius 2 is 1.53 bits per heavy atom. The minimum absolute atomic E-state index is 0.117. The summed E-state index contributed by atoms with van der Waals surface area (Å²) in [5.41, 5.74) is 2.03. The van der Waals surface area contributed by atoms with Crippen molar-refractivity contribution in [2.24, 2.45) is 0 Å². The molecule has 98 valence electrons. The number of carbonyl (C=O) groups is 1. The van der Waals surface area contributed by atoms with Gasteiger partial charge in [-0.05, 0) is 61.4 Å². The highest BCUT2D eigenvalue weighted by Gasteiger charge is 2.12. The Morgan fingerprint density at radius 3 is 2.00 bits per heavy atom. The van der Waals surface area contributed by atoms with Gasteiger partial charge in [-0.2, -0.15) is 0 Å². The molecule has 0 bridgehead atoms. The first-order valence-corrected chi connectivity index (χ1v) is 5.98. The van der Waals surface area contributed by atoms with Gasteiger partial charge in [0.25, 0.3) is 0 Å². The average molecular weight is 258 g/mol. The predicted octanol–water partition coefficient (Wildman–Crippen LogP) is 3.68. The fourth-order valence-electron chi connectivity index (χ4n) is 1.99. The number of methoxy groups -OCH3 is 1. The monoisotopic (exact) mass is 258 g/mol. The lowest BCUT2D eigenvalue weighted by molar-refractivity contribution is 0.103. The molecule has 0 N–H and O–H groups in total. The van der Waals surface area contributed by atoms with E-state index in [0.29, 0.717) is 28.0 Å². The molecule has 0 aromatic heterocycles. The molecule has 0 saturated heterocycles. The van der Waals surface area contributed by atoms with Crippen LogP contribution in [0.25, 0.3) is 0 Å². The lowest BCUT2D eigenvalue weighted by Gasteiger charge is -2.07. The van der Waals surface area contributed by atoms with E-state index in [9.17, 15) is 9.18 Å². The lowest BCUT2D eigenvalue weighted by atomic mass is 9.99. The van der Waals surface area contributed by atoms with Crippen molar-refractivity contribution in [1.82, 2.24) is 0 Å². The third-order valence-electron chi connectivity index (χ3n) is 3.05. The van der Waals surface area contributed by atoms with E-state index in [1.807, 2.05) is 0 Å². The Morgan fingerprint density at radius 1 is 1.00 bits per heavy atom. The summed E-state index contributed by atoms with van der Waals surface area (Å²) >= 11 is 0. The third-order valence-corrected chi connectivity index (χ3v) is 3.05. The van der Waals surface area contributed by atoms with Gasteiger partial charge in [0.05, 0.1) is 7.11 Å².